The summed E-state index contributed by atoms with van der Waals surface area (Å²) in [6.07, 6.45) is 85.0. The van der Waals surface area contributed by atoms with Gasteiger partial charge in [-0.3, -0.25) is 14.4 Å². The van der Waals surface area contributed by atoms with Crippen LogP contribution in [-0.4, -0.2) is 37.2 Å². The number of carbonyl (C=O) groups excluding carboxylic acids is 3. The average molecular weight is 1010 g/mol. The van der Waals surface area contributed by atoms with Gasteiger partial charge in [0.25, 0.3) is 0 Å². The van der Waals surface area contributed by atoms with Crippen molar-refractivity contribution in [1.82, 2.24) is 0 Å². The third kappa shape index (κ3) is 58.3. The minimum absolute atomic E-state index is 0.0992. The van der Waals surface area contributed by atoms with Crippen molar-refractivity contribution in [2.24, 2.45) is 0 Å². The Labute approximate surface area is 449 Å². The molecular weight excluding hydrogens is 901 g/mol. The summed E-state index contributed by atoms with van der Waals surface area (Å²) in [6, 6.07) is 0. The van der Waals surface area contributed by atoms with Crippen molar-refractivity contribution in [3.05, 3.63) is 134 Å². The van der Waals surface area contributed by atoms with E-state index in [0.29, 0.717) is 19.3 Å². The molecule has 0 N–H and O–H groups in total. The van der Waals surface area contributed by atoms with Crippen LogP contribution in [0.15, 0.2) is 134 Å². The number of allylic oxidation sites excluding steroid dienone is 22. The Morgan fingerprint density at radius 1 is 0.288 bits per heavy atom. The Bertz CT molecular complexity index is 1580. The fourth-order valence-corrected chi connectivity index (χ4v) is 7.77. The number of unbranched alkanes of at least 4 members (excludes halogenated alkanes) is 19. The summed E-state index contributed by atoms with van der Waals surface area (Å²) in [5.41, 5.74) is 0. The van der Waals surface area contributed by atoms with E-state index in [1.807, 2.05) is 0 Å². The van der Waals surface area contributed by atoms with Gasteiger partial charge < -0.3 is 14.2 Å². The largest absolute Gasteiger partial charge is 0.462 e. The van der Waals surface area contributed by atoms with Crippen LogP contribution in [0.4, 0.5) is 0 Å². The second-order valence-corrected chi connectivity index (χ2v) is 19.1. The molecule has 0 aromatic heterocycles. The molecule has 0 aromatic carbocycles. The lowest BCUT2D eigenvalue weighted by molar-refractivity contribution is -0.167. The molecule has 1 unspecified atom stereocenters. The third-order valence-corrected chi connectivity index (χ3v) is 12.2. The van der Waals surface area contributed by atoms with Gasteiger partial charge in [0, 0.05) is 19.3 Å². The summed E-state index contributed by atoms with van der Waals surface area (Å²) in [7, 11) is 0. The van der Waals surface area contributed by atoms with E-state index in [1.165, 1.54) is 70.6 Å². The molecule has 0 aliphatic rings. The molecule has 0 aliphatic heterocycles. The van der Waals surface area contributed by atoms with Crippen molar-refractivity contribution in [2.75, 3.05) is 13.2 Å². The van der Waals surface area contributed by atoms with Crippen LogP contribution in [0.1, 0.15) is 252 Å². The standard InChI is InChI=1S/C67H108O6/c1-4-7-10-13-15-17-19-21-23-25-27-29-30-31-32-33-34-35-36-38-39-41-43-45-47-49-51-54-57-60-66(69)72-63-64(62-71-65(68)59-56-53-12-9-6-3)73-67(70)61-58-55-52-50-48-46-44-42-40-37-28-26-24-22-20-18-16-14-11-8-5-2/h7-8,10-11,15-18,21-24,27-29,31-32,37,42,44,48,50,64H,4-6,9,12-14,19-20,25-26,30,33-36,38-41,43,45-47,49,51-63H2,1-3H3/b10-7-,11-8-,17-15-,18-16-,23-21-,24-22-,29-27-,32-31-,37-28-,44-42-,50-48-. The second-order valence-electron chi connectivity index (χ2n) is 19.1. The maximum Gasteiger partial charge on any atom is 0.306 e. The molecule has 412 valence electrons. The number of esters is 3. The monoisotopic (exact) mass is 1010 g/mol. The van der Waals surface area contributed by atoms with Crippen LogP contribution in [0.3, 0.4) is 0 Å². The van der Waals surface area contributed by atoms with Crippen LogP contribution < -0.4 is 0 Å². The smallest absolute Gasteiger partial charge is 0.306 e. The van der Waals surface area contributed by atoms with Crippen molar-refractivity contribution in [3.63, 3.8) is 0 Å². The van der Waals surface area contributed by atoms with Crippen molar-refractivity contribution in [3.8, 4) is 0 Å². The molecule has 0 fully saturated rings. The van der Waals surface area contributed by atoms with Gasteiger partial charge >= 0.3 is 17.9 Å². The van der Waals surface area contributed by atoms with E-state index in [4.69, 9.17) is 14.2 Å². The Morgan fingerprint density at radius 3 is 0.863 bits per heavy atom. The van der Waals surface area contributed by atoms with Gasteiger partial charge in [-0.2, -0.15) is 0 Å². The summed E-state index contributed by atoms with van der Waals surface area (Å²) in [4.78, 5) is 37.8. The SMILES string of the molecule is CC/C=C\C/C=C\C/C=C\C/C=C\C/C=C\C/C=C\CCCCC(=O)OC(COC(=O)CCCCCCC)COC(=O)CCCCCCCCCCCCCCC/C=C\C/C=C\C/C=C\C/C=C\C/C=C\CC. The number of hydrogen-bond donors (Lipinski definition) is 0. The highest BCUT2D eigenvalue weighted by Gasteiger charge is 2.19. The molecule has 0 heterocycles. The molecule has 1 atom stereocenters. The molecule has 0 rings (SSSR count). The lowest BCUT2D eigenvalue weighted by Crippen LogP contribution is -2.30. The van der Waals surface area contributed by atoms with Gasteiger partial charge in [-0.05, 0) is 116 Å². The van der Waals surface area contributed by atoms with Crippen LogP contribution in [0.25, 0.3) is 0 Å². The summed E-state index contributed by atoms with van der Waals surface area (Å²) in [5, 5.41) is 0. The normalized spacial score (nSPS) is 13.1. The zero-order valence-electron chi connectivity index (χ0n) is 47.1. The number of ether oxygens (including phenoxy) is 3. The molecule has 0 amide bonds. The average Bonchev–Trinajstić information content (AvgIpc) is 3.39. The lowest BCUT2D eigenvalue weighted by atomic mass is 10.0. The first kappa shape index (κ1) is 68.6. The van der Waals surface area contributed by atoms with Crippen LogP contribution in [0.5, 0.6) is 0 Å². The first-order valence-corrected chi connectivity index (χ1v) is 29.7. The Morgan fingerprint density at radius 2 is 0.534 bits per heavy atom. The van der Waals surface area contributed by atoms with Crippen LogP contribution in [0.2, 0.25) is 0 Å². The summed E-state index contributed by atoms with van der Waals surface area (Å²) >= 11 is 0. The second kappa shape index (κ2) is 60.1. The van der Waals surface area contributed by atoms with Gasteiger partial charge in [0.15, 0.2) is 6.10 Å². The summed E-state index contributed by atoms with van der Waals surface area (Å²) < 4.78 is 16.7. The maximum atomic E-state index is 12.8. The molecule has 0 radical (unpaired) electrons. The van der Waals surface area contributed by atoms with E-state index < -0.39 is 6.10 Å². The van der Waals surface area contributed by atoms with Crippen molar-refractivity contribution in [1.29, 1.82) is 0 Å². The van der Waals surface area contributed by atoms with Crippen molar-refractivity contribution < 1.29 is 28.6 Å². The first-order valence-electron chi connectivity index (χ1n) is 29.7. The summed E-state index contributed by atoms with van der Waals surface area (Å²) in [5.74, 6) is -0.961. The number of carbonyl (C=O) groups is 3. The fraction of sp³-hybridized carbons (Fsp3) is 0.627. The van der Waals surface area contributed by atoms with Crippen LogP contribution in [-0.2, 0) is 28.6 Å². The predicted molar refractivity (Wildman–Crippen MR) is 316 cm³/mol. The fourth-order valence-electron chi connectivity index (χ4n) is 7.77. The molecule has 6 nitrogen and oxygen atoms in total. The molecule has 6 heteroatoms. The molecular formula is C67H108O6. The Balaban J connectivity index is 4.14. The van der Waals surface area contributed by atoms with Crippen LogP contribution in [0, 0.1) is 0 Å². The maximum absolute atomic E-state index is 12.8. The highest BCUT2D eigenvalue weighted by molar-refractivity contribution is 5.71. The molecule has 0 bridgehead atoms. The molecule has 0 spiro atoms. The van der Waals surface area contributed by atoms with Gasteiger partial charge in [0.2, 0.25) is 0 Å². The van der Waals surface area contributed by atoms with Crippen LogP contribution >= 0.6 is 0 Å². The molecule has 0 aliphatic carbocycles. The zero-order valence-corrected chi connectivity index (χ0v) is 47.1. The van der Waals surface area contributed by atoms with Gasteiger partial charge in [-0.15, -0.1) is 0 Å². The minimum Gasteiger partial charge on any atom is -0.462 e. The number of hydrogen-bond acceptors (Lipinski definition) is 6. The van der Waals surface area contributed by atoms with E-state index in [2.05, 4.69) is 154 Å². The van der Waals surface area contributed by atoms with E-state index in [1.54, 1.807) is 0 Å². The Hall–Kier alpha value is -4.45. The Kier molecular flexibility index (Phi) is 56.4. The van der Waals surface area contributed by atoms with E-state index in [-0.39, 0.29) is 37.5 Å². The molecule has 73 heavy (non-hydrogen) atoms. The number of rotatable bonds is 52. The molecule has 0 saturated carbocycles. The predicted octanol–water partition coefficient (Wildman–Crippen LogP) is 20.2. The highest BCUT2D eigenvalue weighted by Crippen LogP contribution is 2.15. The van der Waals surface area contributed by atoms with Gasteiger partial charge in [-0.25, -0.2) is 0 Å². The van der Waals surface area contributed by atoms with E-state index in [9.17, 15) is 14.4 Å². The highest BCUT2D eigenvalue weighted by atomic mass is 16.6. The van der Waals surface area contributed by atoms with Gasteiger partial charge in [0.05, 0.1) is 0 Å². The van der Waals surface area contributed by atoms with Gasteiger partial charge in [0.1, 0.15) is 13.2 Å². The third-order valence-electron chi connectivity index (χ3n) is 12.2. The molecule has 0 saturated heterocycles. The topological polar surface area (TPSA) is 78.9 Å². The van der Waals surface area contributed by atoms with Crippen molar-refractivity contribution in [2.45, 2.75) is 258 Å². The zero-order chi connectivity index (χ0) is 52.9. The van der Waals surface area contributed by atoms with E-state index >= 15 is 0 Å². The van der Waals surface area contributed by atoms with E-state index in [0.717, 1.165) is 135 Å². The summed E-state index contributed by atoms with van der Waals surface area (Å²) in [6.45, 7) is 6.28. The first-order chi connectivity index (χ1) is 36.0. The lowest BCUT2D eigenvalue weighted by Gasteiger charge is -2.18. The van der Waals surface area contributed by atoms with Gasteiger partial charge in [-0.1, -0.05) is 251 Å². The minimum atomic E-state index is -0.802. The quantitative estimate of drug-likeness (QED) is 0.0261. The van der Waals surface area contributed by atoms with Crippen molar-refractivity contribution >= 4 is 17.9 Å². The molecule has 0 aromatic rings.